The van der Waals surface area contributed by atoms with Gasteiger partial charge in [0.15, 0.2) is 0 Å². The van der Waals surface area contributed by atoms with Gasteiger partial charge in [-0.2, -0.15) is 29.5 Å². The second-order valence-corrected chi connectivity index (χ2v) is 13.3. The number of ether oxygens (including phenoxy) is 1. The summed E-state index contributed by atoms with van der Waals surface area (Å²) >= 11 is 3.28. The molecule has 7 rings (SSSR count). The Hall–Kier alpha value is -3.18. The molecule has 0 radical (unpaired) electrons. The number of benzene rings is 3. The van der Waals surface area contributed by atoms with E-state index in [1.165, 1.54) is 31.9 Å². The monoisotopic (exact) mass is 770 g/mol. The van der Waals surface area contributed by atoms with Gasteiger partial charge < -0.3 is 14.5 Å². The van der Waals surface area contributed by atoms with Crippen molar-refractivity contribution in [3.63, 3.8) is 0 Å². The first-order chi connectivity index (χ1) is 20.9. The molecular formula is C35H30N3OPtS2-3. The van der Waals surface area contributed by atoms with Crippen molar-refractivity contribution in [3.8, 4) is 22.1 Å². The van der Waals surface area contributed by atoms with E-state index >= 15 is 0 Å². The second-order valence-electron chi connectivity index (χ2n) is 11.4. The van der Waals surface area contributed by atoms with Gasteiger partial charge in [-0.15, -0.1) is 41.3 Å². The van der Waals surface area contributed by atoms with Gasteiger partial charge in [0.2, 0.25) is 0 Å². The fraction of sp³-hybridized carbons (Fsp3) is 0.200. The van der Waals surface area contributed by atoms with Gasteiger partial charge in [-0.3, -0.25) is 4.98 Å². The standard InChI is InChI=1S/C35H30N3OS2.Pt/c1-21-22(2)38(20-37(21)6)26-8-7-9-27(17-26)39-33-19-29-32(41-33)15-24-14-23-11-13-40-31(23)18-28(24)34(29)30-16-25(10-12-36-30)35(3,4)5;/h7-16,18,20H,1-6H3;/q-3;/i6D3;. The Morgan fingerprint density at radius 2 is 1.83 bits per heavy atom. The van der Waals surface area contributed by atoms with E-state index in [1.807, 2.05) is 43.1 Å². The van der Waals surface area contributed by atoms with Gasteiger partial charge in [-0.25, -0.2) is 0 Å². The van der Waals surface area contributed by atoms with Crippen LogP contribution in [0.2, 0.25) is 0 Å². The first-order valence-electron chi connectivity index (χ1n) is 14.9. The number of allylic oxidation sites excluding steroid dienone is 2. The molecule has 3 aromatic heterocycles. The van der Waals surface area contributed by atoms with Crippen LogP contribution in [0.5, 0.6) is 10.8 Å². The van der Waals surface area contributed by atoms with Crippen molar-refractivity contribution < 1.29 is 29.9 Å². The molecule has 1 aliphatic heterocycles. The molecule has 0 spiro atoms. The van der Waals surface area contributed by atoms with Crippen molar-refractivity contribution in [3.05, 3.63) is 102 Å². The Morgan fingerprint density at radius 3 is 2.62 bits per heavy atom. The maximum absolute atomic E-state index is 7.88. The van der Waals surface area contributed by atoms with Crippen LogP contribution in [0.15, 0.2) is 77.6 Å². The summed E-state index contributed by atoms with van der Waals surface area (Å²) in [4.78, 5) is 8.00. The van der Waals surface area contributed by atoms with Crippen LogP contribution in [0.1, 0.15) is 44.3 Å². The molecular weight excluding hydrogens is 738 g/mol. The molecule has 6 aromatic rings. The van der Waals surface area contributed by atoms with Gasteiger partial charge in [0, 0.05) is 53.2 Å². The molecule has 4 heterocycles. The van der Waals surface area contributed by atoms with Crippen LogP contribution >= 0.6 is 22.7 Å². The summed E-state index contributed by atoms with van der Waals surface area (Å²) < 4.78 is 32.3. The molecule has 0 fully saturated rings. The Balaban J connectivity index is 0.00000357. The fourth-order valence-electron chi connectivity index (χ4n) is 5.23. The minimum absolute atomic E-state index is 0. The average molecular weight is 771 g/mol. The predicted octanol–water partition coefficient (Wildman–Crippen LogP) is 10.1. The summed E-state index contributed by atoms with van der Waals surface area (Å²) in [6, 6.07) is 25.7. The summed E-state index contributed by atoms with van der Waals surface area (Å²) in [7, 11) is 0. The van der Waals surface area contributed by atoms with Crippen LogP contribution in [-0.2, 0) is 26.5 Å². The van der Waals surface area contributed by atoms with E-state index in [-0.39, 0.29) is 26.5 Å². The molecule has 7 heteroatoms. The number of aromatic nitrogens is 1. The zero-order valence-electron chi connectivity index (χ0n) is 26.8. The molecule has 3 aromatic carbocycles. The van der Waals surface area contributed by atoms with E-state index in [2.05, 4.69) is 74.7 Å². The van der Waals surface area contributed by atoms with Crippen molar-refractivity contribution in [1.82, 2.24) is 9.88 Å². The number of hydrogen-bond acceptors (Lipinski definition) is 6. The second kappa shape index (κ2) is 10.8. The summed E-state index contributed by atoms with van der Waals surface area (Å²) in [6.07, 6.45) is 1.90. The molecule has 0 saturated carbocycles. The number of fused-ring (bicyclic) bond motifs is 3. The Labute approximate surface area is 273 Å². The summed E-state index contributed by atoms with van der Waals surface area (Å²) in [5.74, 6) is 0.524. The molecule has 4 nitrogen and oxygen atoms in total. The third-order valence-electron chi connectivity index (χ3n) is 7.68. The molecule has 42 heavy (non-hydrogen) atoms. The van der Waals surface area contributed by atoms with Crippen LogP contribution in [0, 0.1) is 18.8 Å². The van der Waals surface area contributed by atoms with E-state index in [1.54, 1.807) is 18.0 Å². The number of thiophene rings is 2. The zero-order valence-corrected chi connectivity index (χ0v) is 27.7. The molecule has 0 atom stereocenters. The molecule has 216 valence electrons. The molecule has 0 amide bonds. The predicted molar refractivity (Wildman–Crippen MR) is 174 cm³/mol. The summed E-state index contributed by atoms with van der Waals surface area (Å²) in [6.45, 7) is 9.68. The van der Waals surface area contributed by atoms with E-state index in [9.17, 15) is 0 Å². The first kappa shape index (κ1) is 25.3. The third-order valence-corrected chi connectivity index (χ3v) is 9.47. The minimum atomic E-state index is -2.27. The van der Waals surface area contributed by atoms with Crippen LogP contribution in [-0.4, -0.2) is 16.9 Å². The van der Waals surface area contributed by atoms with Crippen molar-refractivity contribution in [2.24, 2.45) is 0 Å². The van der Waals surface area contributed by atoms with E-state index in [0.717, 1.165) is 37.8 Å². The quantitative estimate of drug-likeness (QED) is 0.167. The Morgan fingerprint density at radius 1 is 0.976 bits per heavy atom. The normalized spacial score (nSPS) is 15.3. The molecule has 0 N–H and O–H groups in total. The van der Waals surface area contributed by atoms with Crippen LogP contribution in [0.3, 0.4) is 0 Å². The van der Waals surface area contributed by atoms with E-state index in [0.29, 0.717) is 22.2 Å². The van der Waals surface area contributed by atoms with Gasteiger partial charge in [0.1, 0.15) is 5.06 Å². The maximum atomic E-state index is 7.88. The number of rotatable bonds is 4. The average Bonchev–Trinajstić information content (AvgIpc) is 3.67. The van der Waals surface area contributed by atoms with Gasteiger partial charge in [-0.05, 0) is 84.0 Å². The smallest absolute Gasteiger partial charge is 0.107 e. The van der Waals surface area contributed by atoms with Crippen molar-refractivity contribution in [2.45, 2.75) is 40.0 Å². The third kappa shape index (κ3) is 5.04. The Kier molecular flexibility index (Phi) is 6.53. The van der Waals surface area contributed by atoms with Crippen molar-refractivity contribution in [1.29, 1.82) is 0 Å². The molecule has 0 aliphatic carbocycles. The van der Waals surface area contributed by atoms with E-state index < -0.39 is 6.98 Å². The summed E-state index contributed by atoms with van der Waals surface area (Å²) in [5.41, 5.74) is 5.36. The van der Waals surface area contributed by atoms with Gasteiger partial charge in [-0.1, -0.05) is 42.5 Å². The zero-order chi connectivity index (χ0) is 31.0. The van der Waals surface area contributed by atoms with Gasteiger partial charge in [0.05, 0.1) is 0 Å². The summed E-state index contributed by atoms with van der Waals surface area (Å²) in [5, 5.41) is 7.24. The minimum Gasteiger partial charge on any atom is -0.508 e. The number of hydrogen-bond donors (Lipinski definition) is 0. The van der Waals surface area contributed by atoms with Crippen LogP contribution in [0.25, 0.3) is 42.2 Å². The van der Waals surface area contributed by atoms with Crippen molar-refractivity contribution >= 4 is 59.3 Å². The van der Waals surface area contributed by atoms with E-state index in [4.69, 9.17) is 13.8 Å². The number of anilines is 1. The molecule has 0 bridgehead atoms. The fourth-order valence-corrected chi connectivity index (χ4v) is 6.96. The number of pyridine rings is 1. The van der Waals surface area contributed by atoms with Crippen LogP contribution < -0.4 is 9.64 Å². The topological polar surface area (TPSA) is 28.6 Å². The van der Waals surface area contributed by atoms with Gasteiger partial charge >= 0.3 is 0 Å². The SMILES string of the molecule is [2H]C([2H])([2H])N1[CH-]N(c2[c-]c(Oc3[c-]c4c(-c5cc(C(C)(C)C)ccn5)c5cc6sccc6cc5cc4s3)ccc2)C(C)=C1C.[Pt]. The molecule has 0 saturated heterocycles. The molecule has 1 aliphatic rings. The molecule has 0 unspecified atom stereocenters. The number of nitrogens with zero attached hydrogens (tertiary/aromatic N) is 3. The largest absolute Gasteiger partial charge is 0.508 e. The van der Waals surface area contributed by atoms with Crippen LogP contribution in [0.4, 0.5) is 5.69 Å². The Bertz CT molecular complexity index is 2110. The van der Waals surface area contributed by atoms with Crippen molar-refractivity contribution in [2.75, 3.05) is 11.9 Å². The first-order valence-corrected chi connectivity index (χ1v) is 15.1. The maximum Gasteiger partial charge on any atom is 0.107 e. The van der Waals surface area contributed by atoms with Gasteiger partial charge in [0.25, 0.3) is 0 Å².